The first-order valence-electron chi connectivity index (χ1n) is 20.3. The van der Waals surface area contributed by atoms with Gasteiger partial charge in [-0.15, -0.1) is 0 Å². The highest BCUT2D eigenvalue weighted by Crippen LogP contribution is 2.52. The lowest BCUT2D eigenvalue weighted by atomic mass is 9.79. The van der Waals surface area contributed by atoms with E-state index in [1.807, 2.05) is 12.1 Å². The molecule has 5 heteroatoms. The third kappa shape index (κ3) is 5.10. The van der Waals surface area contributed by atoms with Crippen molar-refractivity contribution in [3.05, 3.63) is 87.5 Å². The number of aromatic nitrogens is 1. The Morgan fingerprint density at radius 1 is 0.404 bits per heavy atom. The van der Waals surface area contributed by atoms with Crippen LogP contribution in [0.1, 0.15) is 143 Å². The monoisotopic (exact) mass is 751 g/mol. The standard InChI is InChI=1S/C52H53N3O2/c1-48(2,3)28-18-31-39-37(16-26(24-53)44-41(39)33-20-29(49(4,5)6)22-35(46(33)56-44)51(10,11)12)55-38-17-27(25-54)45-42(40(38)32(19-28)43(31)55)34-21-30(50(7,8)9)23-36(47(34)57-45)52(13,14)15/h16-23H,1-15H3. The summed E-state index contributed by atoms with van der Waals surface area (Å²) < 4.78 is 16.1. The van der Waals surface area contributed by atoms with Crippen LogP contribution < -0.4 is 0 Å². The van der Waals surface area contributed by atoms with Gasteiger partial charge in [0, 0.05) is 54.2 Å². The smallest absolute Gasteiger partial charge is 0.153 e. The minimum atomic E-state index is -0.198. The van der Waals surface area contributed by atoms with E-state index in [2.05, 4.69) is 157 Å². The van der Waals surface area contributed by atoms with Gasteiger partial charge in [-0.1, -0.05) is 116 Å². The summed E-state index contributed by atoms with van der Waals surface area (Å²) in [5.74, 6) is 0. The molecule has 0 fully saturated rings. The molecule has 0 aliphatic carbocycles. The molecule has 5 aromatic carbocycles. The van der Waals surface area contributed by atoms with Crippen molar-refractivity contribution >= 4 is 82.0 Å². The van der Waals surface area contributed by atoms with Gasteiger partial charge in [0.15, 0.2) is 11.2 Å². The second-order valence-electron chi connectivity index (χ2n) is 21.8. The third-order valence-corrected chi connectivity index (χ3v) is 12.5. The van der Waals surface area contributed by atoms with Crippen LogP contribution >= 0.6 is 0 Å². The SMILES string of the molecule is CC(C)(C)c1cc(C(C)(C)C)c2oc3c(C#N)cc4c(c5cc(C(C)(C)C)cc6c7c8c(oc9c(C(C)(C)C)cc(C(C)(C)C)cc98)c(C#N)cc7n4c56)c3c2c1. The van der Waals surface area contributed by atoms with Gasteiger partial charge in [0.2, 0.25) is 0 Å². The third-order valence-electron chi connectivity index (χ3n) is 12.5. The van der Waals surface area contributed by atoms with Gasteiger partial charge in [-0.3, -0.25) is 0 Å². The number of hydrogen-bond donors (Lipinski definition) is 0. The van der Waals surface area contributed by atoms with E-state index in [9.17, 15) is 10.5 Å². The lowest BCUT2D eigenvalue weighted by molar-refractivity contribution is 0.558. The zero-order valence-corrected chi connectivity index (χ0v) is 36.3. The van der Waals surface area contributed by atoms with Crippen molar-refractivity contribution in [3.63, 3.8) is 0 Å². The summed E-state index contributed by atoms with van der Waals surface area (Å²) in [6.07, 6.45) is 0. The first kappa shape index (κ1) is 37.1. The number of rotatable bonds is 0. The van der Waals surface area contributed by atoms with Crippen LogP contribution in [0.25, 0.3) is 82.0 Å². The fourth-order valence-electron chi connectivity index (χ4n) is 9.19. The van der Waals surface area contributed by atoms with Crippen LogP contribution in [0.15, 0.2) is 57.4 Å². The van der Waals surface area contributed by atoms with Crippen LogP contribution in [-0.2, 0) is 27.1 Å². The van der Waals surface area contributed by atoms with Gasteiger partial charge in [0.1, 0.15) is 23.3 Å². The zero-order chi connectivity index (χ0) is 41.3. The van der Waals surface area contributed by atoms with Crippen molar-refractivity contribution in [1.29, 1.82) is 10.5 Å². The Kier molecular flexibility index (Phi) is 7.23. The maximum absolute atomic E-state index is 10.9. The van der Waals surface area contributed by atoms with Crippen LogP contribution in [0, 0.1) is 22.7 Å². The summed E-state index contributed by atoms with van der Waals surface area (Å²) in [5, 5.41) is 30.1. The van der Waals surface area contributed by atoms with Gasteiger partial charge in [0.25, 0.3) is 0 Å². The van der Waals surface area contributed by atoms with E-state index < -0.39 is 0 Å². The lowest BCUT2D eigenvalue weighted by Gasteiger charge is -2.25. The quantitative estimate of drug-likeness (QED) is 0.155. The Morgan fingerprint density at radius 3 is 1.05 bits per heavy atom. The maximum Gasteiger partial charge on any atom is 0.153 e. The molecule has 0 N–H and O–H groups in total. The molecule has 0 aliphatic rings. The Hall–Kier alpha value is -5.52. The lowest BCUT2D eigenvalue weighted by Crippen LogP contribution is -2.16. The molecule has 0 radical (unpaired) electrons. The average molecular weight is 752 g/mol. The second kappa shape index (κ2) is 11.1. The number of fused-ring (bicyclic) bond motifs is 14. The van der Waals surface area contributed by atoms with Crippen LogP contribution in [0.3, 0.4) is 0 Å². The van der Waals surface area contributed by atoms with Crippen LogP contribution in [-0.4, -0.2) is 4.40 Å². The van der Waals surface area contributed by atoms with E-state index in [-0.39, 0.29) is 27.1 Å². The van der Waals surface area contributed by atoms with Crippen molar-refractivity contribution in [2.75, 3.05) is 0 Å². The van der Waals surface area contributed by atoms with Gasteiger partial charge in [-0.25, -0.2) is 0 Å². The number of hydrogen-bond acceptors (Lipinski definition) is 4. The maximum atomic E-state index is 10.9. The average Bonchev–Trinajstić information content (AvgIpc) is 3.84. The Bertz CT molecular complexity index is 3100. The molecule has 0 saturated carbocycles. The Morgan fingerprint density at radius 2 is 0.737 bits per heavy atom. The van der Waals surface area contributed by atoms with Crippen molar-refractivity contribution in [3.8, 4) is 12.1 Å². The zero-order valence-electron chi connectivity index (χ0n) is 36.3. The molecule has 0 aliphatic heterocycles. The molecule has 4 heterocycles. The molecule has 0 atom stereocenters. The van der Waals surface area contributed by atoms with Gasteiger partial charge >= 0.3 is 0 Å². The summed E-state index contributed by atoms with van der Waals surface area (Å²) in [6.45, 7) is 33.7. The molecule has 0 amide bonds. The van der Waals surface area contributed by atoms with E-state index in [0.29, 0.717) is 22.3 Å². The van der Waals surface area contributed by atoms with Crippen molar-refractivity contribution in [1.82, 2.24) is 4.40 Å². The fraction of sp³-hybridized carbons (Fsp3) is 0.385. The number of nitrogens with zero attached hydrogens (tertiary/aromatic N) is 3. The van der Waals surface area contributed by atoms with Crippen molar-refractivity contribution in [2.45, 2.75) is 131 Å². The van der Waals surface area contributed by atoms with E-state index in [1.54, 1.807) is 0 Å². The normalized spacial score (nSPS) is 13.8. The van der Waals surface area contributed by atoms with Crippen molar-refractivity contribution in [2.24, 2.45) is 0 Å². The van der Waals surface area contributed by atoms with Crippen LogP contribution in [0.4, 0.5) is 0 Å². The van der Waals surface area contributed by atoms with E-state index in [1.165, 1.54) is 16.7 Å². The highest BCUT2D eigenvalue weighted by molar-refractivity contribution is 6.37. The van der Waals surface area contributed by atoms with E-state index in [4.69, 9.17) is 8.83 Å². The van der Waals surface area contributed by atoms with Gasteiger partial charge in [-0.05, 0) is 80.2 Å². The van der Waals surface area contributed by atoms with Gasteiger partial charge in [0.05, 0.1) is 27.7 Å². The van der Waals surface area contributed by atoms with E-state index >= 15 is 0 Å². The molecular formula is C52H53N3O2. The molecule has 0 bridgehead atoms. The molecule has 5 nitrogen and oxygen atoms in total. The molecule has 9 rings (SSSR count). The molecule has 288 valence electrons. The predicted molar refractivity (Wildman–Crippen MR) is 239 cm³/mol. The summed E-state index contributed by atoms with van der Waals surface area (Å²) in [6, 6.07) is 23.0. The highest BCUT2D eigenvalue weighted by Gasteiger charge is 2.33. The van der Waals surface area contributed by atoms with E-state index in [0.717, 1.165) is 81.9 Å². The second-order valence-corrected chi connectivity index (χ2v) is 21.8. The molecule has 0 unspecified atom stereocenters. The first-order chi connectivity index (χ1) is 26.3. The largest absolute Gasteiger partial charge is 0.454 e. The molecule has 0 saturated heterocycles. The Labute approximate surface area is 335 Å². The molecular weight excluding hydrogens is 699 g/mol. The number of furan rings is 2. The predicted octanol–water partition coefficient (Wildman–Crippen LogP) is 14.9. The topological polar surface area (TPSA) is 78.3 Å². The minimum Gasteiger partial charge on any atom is -0.454 e. The van der Waals surface area contributed by atoms with Gasteiger partial charge < -0.3 is 13.2 Å². The molecule has 0 spiro atoms. The summed E-state index contributed by atoms with van der Waals surface area (Å²) in [7, 11) is 0. The fourth-order valence-corrected chi connectivity index (χ4v) is 9.19. The summed E-state index contributed by atoms with van der Waals surface area (Å²) in [5.41, 5.74) is 12.0. The van der Waals surface area contributed by atoms with Crippen LogP contribution in [0.2, 0.25) is 0 Å². The number of nitriles is 2. The first-order valence-corrected chi connectivity index (χ1v) is 20.3. The van der Waals surface area contributed by atoms with Gasteiger partial charge in [-0.2, -0.15) is 10.5 Å². The minimum absolute atomic E-state index is 0.110. The van der Waals surface area contributed by atoms with Crippen LogP contribution in [0.5, 0.6) is 0 Å². The Balaban J connectivity index is 1.60. The molecule has 9 aromatic rings. The van der Waals surface area contributed by atoms with Crippen molar-refractivity contribution < 1.29 is 8.83 Å². The molecule has 4 aromatic heterocycles. The summed E-state index contributed by atoms with van der Waals surface area (Å²) >= 11 is 0. The molecule has 57 heavy (non-hydrogen) atoms. The summed E-state index contributed by atoms with van der Waals surface area (Å²) in [4.78, 5) is 0. The highest BCUT2D eigenvalue weighted by atomic mass is 16.3. The number of benzene rings is 5.